The van der Waals surface area contributed by atoms with Crippen LogP contribution in [0.15, 0.2) is 5.38 Å². The van der Waals surface area contributed by atoms with Crippen LogP contribution in [0.25, 0.3) is 0 Å². The molecule has 1 atom stereocenters. The number of morpholine rings is 1. The maximum atomic E-state index is 5.75. The molecule has 1 aliphatic carbocycles. The van der Waals surface area contributed by atoms with Crippen molar-refractivity contribution >= 4 is 11.3 Å². The molecule has 2 aliphatic rings. The maximum Gasteiger partial charge on any atom is 0.113 e. The third kappa shape index (κ3) is 2.69. The van der Waals surface area contributed by atoms with E-state index in [1.165, 1.54) is 37.1 Å². The van der Waals surface area contributed by atoms with Crippen LogP contribution < -0.4 is 5.32 Å². The van der Waals surface area contributed by atoms with Crippen LogP contribution in [-0.2, 0) is 4.74 Å². The molecule has 0 spiro atoms. The molecular formula is C13H20N2OS. The second-order valence-electron chi connectivity index (χ2n) is 5.01. The summed E-state index contributed by atoms with van der Waals surface area (Å²) in [6.07, 6.45) is 7.00. The van der Waals surface area contributed by atoms with E-state index >= 15 is 0 Å². The minimum Gasteiger partial charge on any atom is -0.369 e. The van der Waals surface area contributed by atoms with Crippen LogP contribution in [0.5, 0.6) is 0 Å². The molecule has 0 aromatic carbocycles. The number of nitrogens with one attached hydrogen (secondary N) is 1. The number of hydrogen-bond acceptors (Lipinski definition) is 4. The van der Waals surface area contributed by atoms with Crippen molar-refractivity contribution in [1.82, 2.24) is 10.3 Å². The molecule has 1 unspecified atom stereocenters. The summed E-state index contributed by atoms with van der Waals surface area (Å²) in [6.45, 7) is 2.69. The van der Waals surface area contributed by atoms with Crippen molar-refractivity contribution in [2.45, 2.75) is 44.1 Å². The average molecular weight is 252 g/mol. The summed E-state index contributed by atoms with van der Waals surface area (Å²) in [7, 11) is 0. The van der Waals surface area contributed by atoms with Crippen molar-refractivity contribution < 1.29 is 4.74 Å². The van der Waals surface area contributed by atoms with Crippen LogP contribution in [0.1, 0.15) is 54.8 Å². The Balaban J connectivity index is 1.68. The number of aromatic nitrogens is 1. The summed E-state index contributed by atoms with van der Waals surface area (Å²) in [6, 6.07) is 0. The van der Waals surface area contributed by atoms with Crippen molar-refractivity contribution in [3.8, 4) is 0 Å². The van der Waals surface area contributed by atoms with E-state index in [2.05, 4.69) is 10.7 Å². The number of hydrogen-bond donors (Lipinski definition) is 1. The second kappa shape index (κ2) is 5.46. The van der Waals surface area contributed by atoms with Crippen molar-refractivity contribution in [2.75, 3.05) is 19.7 Å². The Morgan fingerprint density at radius 3 is 2.94 bits per heavy atom. The molecule has 94 valence electrons. The van der Waals surface area contributed by atoms with E-state index in [9.17, 15) is 0 Å². The predicted molar refractivity (Wildman–Crippen MR) is 69.5 cm³/mol. The monoisotopic (exact) mass is 252 g/mol. The Hall–Kier alpha value is -0.450. The van der Waals surface area contributed by atoms with Gasteiger partial charge in [0, 0.05) is 24.4 Å². The number of rotatable bonds is 2. The van der Waals surface area contributed by atoms with Crippen LogP contribution in [0.2, 0.25) is 0 Å². The minimum atomic E-state index is 0.178. The van der Waals surface area contributed by atoms with Gasteiger partial charge in [0.05, 0.1) is 17.3 Å². The molecule has 1 N–H and O–H groups in total. The molecule has 2 heterocycles. The molecule has 4 heteroatoms. The van der Waals surface area contributed by atoms with Gasteiger partial charge < -0.3 is 10.1 Å². The Labute approximate surface area is 107 Å². The first-order valence-corrected chi connectivity index (χ1v) is 7.59. The molecular weight excluding hydrogens is 232 g/mol. The number of nitrogens with zero attached hydrogens (tertiary/aromatic N) is 1. The van der Waals surface area contributed by atoms with E-state index in [1.807, 2.05) is 11.3 Å². The first-order valence-electron chi connectivity index (χ1n) is 6.71. The molecule has 1 saturated heterocycles. The number of thiazole rings is 1. The van der Waals surface area contributed by atoms with E-state index in [-0.39, 0.29) is 6.10 Å². The fourth-order valence-corrected chi connectivity index (χ4v) is 3.77. The molecule has 1 aromatic rings. The molecule has 2 fully saturated rings. The Bertz CT molecular complexity index is 322. The smallest absolute Gasteiger partial charge is 0.113 e. The fourth-order valence-electron chi connectivity index (χ4n) is 2.74. The lowest BCUT2D eigenvalue weighted by molar-refractivity contribution is 0.0253. The van der Waals surface area contributed by atoms with Crippen LogP contribution in [0, 0.1) is 0 Å². The standard InChI is InChI=1S/C13H20N2OS/c1-2-4-10(5-3-1)13-15-11(9-17-13)12-8-14-6-7-16-12/h9-10,12,14H,1-8H2. The van der Waals surface area contributed by atoms with Crippen molar-refractivity contribution in [3.05, 3.63) is 16.1 Å². The van der Waals surface area contributed by atoms with Gasteiger partial charge in [-0.2, -0.15) is 0 Å². The lowest BCUT2D eigenvalue weighted by Crippen LogP contribution is -2.33. The molecule has 0 bridgehead atoms. The van der Waals surface area contributed by atoms with Gasteiger partial charge in [-0.05, 0) is 12.8 Å². The molecule has 17 heavy (non-hydrogen) atoms. The van der Waals surface area contributed by atoms with Gasteiger partial charge >= 0.3 is 0 Å². The van der Waals surface area contributed by atoms with Gasteiger partial charge in [0.2, 0.25) is 0 Å². The minimum absolute atomic E-state index is 0.178. The second-order valence-corrected chi connectivity index (χ2v) is 5.90. The quantitative estimate of drug-likeness (QED) is 0.879. The molecule has 1 aromatic heterocycles. The largest absolute Gasteiger partial charge is 0.369 e. The normalized spacial score (nSPS) is 27.2. The van der Waals surface area contributed by atoms with Crippen molar-refractivity contribution in [2.24, 2.45) is 0 Å². The van der Waals surface area contributed by atoms with Crippen LogP contribution in [-0.4, -0.2) is 24.7 Å². The summed E-state index contributed by atoms with van der Waals surface area (Å²) < 4.78 is 5.75. The summed E-state index contributed by atoms with van der Waals surface area (Å²) in [5, 5.41) is 6.90. The van der Waals surface area contributed by atoms with Gasteiger partial charge in [0.1, 0.15) is 6.10 Å². The SMILES string of the molecule is c1sc(C2CCCCC2)nc1C1CNCCO1. The highest BCUT2D eigenvalue weighted by atomic mass is 32.1. The third-order valence-electron chi connectivity index (χ3n) is 3.75. The van der Waals surface area contributed by atoms with E-state index in [1.54, 1.807) is 0 Å². The Kier molecular flexibility index (Phi) is 3.74. The summed E-state index contributed by atoms with van der Waals surface area (Å²) in [4.78, 5) is 4.81. The van der Waals surface area contributed by atoms with E-state index in [0.29, 0.717) is 0 Å². The topological polar surface area (TPSA) is 34.2 Å². The summed E-state index contributed by atoms with van der Waals surface area (Å²) >= 11 is 1.83. The van der Waals surface area contributed by atoms with Crippen LogP contribution in [0.3, 0.4) is 0 Å². The van der Waals surface area contributed by atoms with Crippen LogP contribution >= 0.6 is 11.3 Å². The van der Waals surface area contributed by atoms with E-state index < -0.39 is 0 Å². The van der Waals surface area contributed by atoms with Crippen LogP contribution in [0.4, 0.5) is 0 Å². The molecule has 1 aliphatic heterocycles. The molecule has 3 rings (SSSR count). The fraction of sp³-hybridized carbons (Fsp3) is 0.769. The maximum absolute atomic E-state index is 5.75. The summed E-state index contributed by atoms with van der Waals surface area (Å²) in [5.41, 5.74) is 1.14. The van der Waals surface area contributed by atoms with Gasteiger partial charge in [-0.3, -0.25) is 0 Å². The van der Waals surface area contributed by atoms with Gasteiger partial charge in [-0.15, -0.1) is 11.3 Å². The summed E-state index contributed by atoms with van der Waals surface area (Å²) in [5.74, 6) is 0.721. The first kappa shape index (κ1) is 11.6. The Morgan fingerprint density at radius 2 is 2.18 bits per heavy atom. The molecule has 0 radical (unpaired) electrons. The third-order valence-corrected chi connectivity index (χ3v) is 4.78. The zero-order valence-electron chi connectivity index (χ0n) is 10.2. The van der Waals surface area contributed by atoms with Gasteiger partial charge in [0.25, 0.3) is 0 Å². The molecule has 0 amide bonds. The van der Waals surface area contributed by atoms with Gasteiger partial charge in [-0.1, -0.05) is 19.3 Å². The molecule has 3 nitrogen and oxygen atoms in total. The zero-order chi connectivity index (χ0) is 11.5. The lowest BCUT2D eigenvalue weighted by atomic mass is 9.90. The van der Waals surface area contributed by atoms with Gasteiger partial charge in [0.15, 0.2) is 0 Å². The lowest BCUT2D eigenvalue weighted by Gasteiger charge is -2.22. The van der Waals surface area contributed by atoms with Crippen molar-refractivity contribution in [3.63, 3.8) is 0 Å². The van der Waals surface area contributed by atoms with E-state index in [4.69, 9.17) is 9.72 Å². The zero-order valence-corrected chi connectivity index (χ0v) is 11.0. The average Bonchev–Trinajstić information content (AvgIpc) is 2.90. The highest BCUT2D eigenvalue weighted by Crippen LogP contribution is 2.35. The molecule has 1 saturated carbocycles. The highest BCUT2D eigenvalue weighted by Gasteiger charge is 2.22. The first-order chi connectivity index (χ1) is 8.43. The van der Waals surface area contributed by atoms with Gasteiger partial charge in [-0.25, -0.2) is 4.98 Å². The number of ether oxygens (including phenoxy) is 1. The highest BCUT2D eigenvalue weighted by molar-refractivity contribution is 7.09. The van der Waals surface area contributed by atoms with E-state index in [0.717, 1.165) is 31.3 Å². The predicted octanol–water partition coefficient (Wildman–Crippen LogP) is 2.85. The van der Waals surface area contributed by atoms with Crippen molar-refractivity contribution in [1.29, 1.82) is 0 Å². The Morgan fingerprint density at radius 1 is 1.29 bits per heavy atom.